The molecule has 0 saturated heterocycles. The van der Waals surface area contributed by atoms with Crippen LogP contribution in [0.4, 0.5) is 0 Å². The first-order valence-corrected chi connectivity index (χ1v) is 16.1. The Morgan fingerprint density at radius 3 is 1.23 bits per heavy atom. The van der Waals surface area contributed by atoms with Crippen molar-refractivity contribution in [3.63, 3.8) is 0 Å². The lowest BCUT2D eigenvalue weighted by Gasteiger charge is -2.09. The summed E-state index contributed by atoms with van der Waals surface area (Å²) >= 11 is 0. The minimum absolute atomic E-state index is 0.745. The maximum atomic E-state index is 6.72. The number of aromatic nitrogens is 2. The van der Waals surface area contributed by atoms with Crippen LogP contribution in [0.25, 0.3) is 109 Å². The molecule has 0 spiro atoms. The fourth-order valence-electron chi connectivity index (χ4n) is 7.63. The molecule has 0 aliphatic heterocycles. The molecule has 8 aromatic carbocycles. The van der Waals surface area contributed by atoms with Crippen molar-refractivity contribution in [3.05, 3.63) is 146 Å². The van der Waals surface area contributed by atoms with Gasteiger partial charge in [-0.3, -0.25) is 4.98 Å². The second-order valence-corrected chi connectivity index (χ2v) is 12.6. The van der Waals surface area contributed by atoms with Crippen LogP contribution in [0.15, 0.2) is 155 Å². The van der Waals surface area contributed by atoms with E-state index in [2.05, 4.69) is 133 Å². The second-order valence-electron chi connectivity index (χ2n) is 12.6. The molecule has 0 aliphatic rings. The molecule has 0 amide bonds. The van der Waals surface area contributed by atoms with Gasteiger partial charge in [0.25, 0.3) is 0 Å². The number of furan rings is 2. The van der Waals surface area contributed by atoms with Gasteiger partial charge in [-0.25, -0.2) is 4.98 Å². The topological polar surface area (TPSA) is 52.1 Å². The predicted molar refractivity (Wildman–Crippen MR) is 197 cm³/mol. The molecule has 0 radical (unpaired) electrons. The largest absolute Gasteiger partial charge is 0.455 e. The highest BCUT2D eigenvalue weighted by Crippen LogP contribution is 2.44. The second kappa shape index (κ2) is 9.50. The molecule has 0 bridgehead atoms. The monoisotopic (exact) mass is 612 g/mol. The van der Waals surface area contributed by atoms with Crippen LogP contribution >= 0.6 is 0 Å². The highest BCUT2D eigenvalue weighted by Gasteiger charge is 2.21. The average molecular weight is 613 g/mol. The number of hydrogen-bond donors (Lipinski definition) is 0. The van der Waals surface area contributed by atoms with Crippen LogP contribution in [0.3, 0.4) is 0 Å². The van der Waals surface area contributed by atoms with Gasteiger partial charge in [0.1, 0.15) is 22.3 Å². The van der Waals surface area contributed by atoms with Crippen molar-refractivity contribution < 1.29 is 8.83 Å². The summed E-state index contributed by atoms with van der Waals surface area (Å²) in [4.78, 5) is 10.1. The van der Waals surface area contributed by atoms with Crippen LogP contribution in [0, 0.1) is 0 Å². The molecule has 11 aromatic rings. The maximum absolute atomic E-state index is 6.72. The molecule has 11 rings (SSSR count). The van der Waals surface area contributed by atoms with Gasteiger partial charge in [0, 0.05) is 32.7 Å². The summed E-state index contributed by atoms with van der Waals surface area (Å²) in [5.74, 6) is 0. The molecule has 0 unspecified atom stereocenters. The molecule has 0 fully saturated rings. The summed E-state index contributed by atoms with van der Waals surface area (Å²) in [5.41, 5.74) is 6.64. The lowest BCUT2D eigenvalue weighted by atomic mass is 9.97. The van der Waals surface area contributed by atoms with Gasteiger partial charge in [-0.2, -0.15) is 0 Å². The lowest BCUT2D eigenvalue weighted by molar-refractivity contribution is 0.670. The molecule has 0 N–H and O–H groups in total. The Morgan fingerprint density at radius 2 is 0.771 bits per heavy atom. The fraction of sp³-hybridized carbons (Fsp3) is 0. The number of rotatable bonds is 2. The Bertz CT molecular complexity index is 2920. The zero-order valence-electron chi connectivity index (χ0n) is 25.6. The number of hydrogen-bond acceptors (Lipinski definition) is 4. The molecule has 0 aliphatic carbocycles. The minimum atomic E-state index is 0.745. The summed E-state index contributed by atoms with van der Waals surface area (Å²) in [6.45, 7) is 0. The van der Waals surface area contributed by atoms with Crippen molar-refractivity contribution in [2.45, 2.75) is 0 Å². The van der Waals surface area contributed by atoms with Crippen molar-refractivity contribution in [1.29, 1.82) is 0 Å². The van der Waals surface area contributed by atoms with Crippen LogP contribution in [0.2, 0.25) is 0 Å². The van der Waals surface area contributed by atoms with Crippen LogP contribution in [0.1, 0.15) is 0 Å². The molecular formula is C44H24N2O2. The van der Waals surface area contributed by atoms with Crippen LogP contribution in [-0.4, -0.2) is 9.97 Å². The third-order valence-corrected chi connectivity index (χ3v) is 9.85. The van der Waals surface area contributed by atoms with E-state index < -0.39 is 0 Å². The number of benzene rings is 8. The van der Waals surface area contributed by atoms with Crippen molar-refractivity contribution >= 4 is 87.0 Å². The van der Waals surface area contributed by atoms with Gasteiger partial charge in [0.15, 0.2) is 0 Å². The zero-order chi connectivity index (χ0) is 31.3. The summed E-state index contributed by atoms with van der Waals surface area (Å²) < 4.78 is 13.4. The molecule has 3 heterocycles. The average Bonchev–Trinajstić information content (AvgIpc) is 3.70. The first kappa shape index (κ1) is 25.6. The van der Waals surface area contributed by atoms with Crippen molar-refractivity contribution in [2.75, 3.05) is 0 Å². The molecule has 3 aromatic heterocycles. The zero-order valence-corrected chi connectivity index (χ0v) is 25.6. The first-order valence-electron chi connectivity index (χ1n) is 16.1. The van der Waals surface area contributed by atoms with E-state index in [1.807, 2.05) is 12.4 Å². The third-order valence-electron chi connectivity index (χ3n) is 9.85. The van der Waals surface area contributed by atoms with Crippen molar-refractivity contribution in [3.8, 4) is 22.5 Å². The van der Waals surface area contributed by atoms with Crippen molar-refractivity contribution in [2.24, 2.45) is 0 Å². The first-order chi connectivity index (χ1) is 23.8. The molecule has 222 valence electrons. The Kier molecular flexibility index (Phi) is 5.08. The molecule has 0 saturated carbocycles. The Labute approximate surface area is 273 Å². The molecule has 4 heteroatoms. The maximum Gasteiger partial charge on any atom is 0.145 e. The number of nitrogens with zero attached hydrogens (tertiary/aromatic N) is 2. The smallest absolute Gasteiger partial charge is 0.145 e. The van der Waals surface area contributed by atoms with E-state index in [9.17, 15) is 0 Å². The highest BCUT2D eigenvalue weighted by molar-refractivity contribution is 6.25. The van der Waals surface area contributed by atoms with E-state index in [1.54, 1.807) is 0 Å². The third kappa shape index (κ3) is 3.60. The van der Waals surface area contributed by atoms with Gasteiger partial charge in [-0.1, -0.05) is 97.1 Å². The highest BCUT2D eigenvalue weighted by atomic mass is 16.3. The minimum Gasteiger partial charge on any atom is -0.455 e. The van der Waals surface area contributed by atoms with E-state index in [1.165, 1.54) is 10.8 Å². The standard InChI is InChI=1S/C44H24N2O2/c1-3-11-27-21-39-35(17-25(27)9-1)41-31-15-7-5-13-29(31)19-33(43(41)47-39)37-23-45-24-38(46-37)34-20-30-14-6-8-16-32(30)42-36-18-26-10-2-4-12-28(26)22-40(36)48-44(34)42/h1-24H. The Balaban J connectivity index is 1.20. The van der Waals surface area contributed by atoms with Gasteiger partial charge >= 0.3 is 0 Å². The van der Waals surface area contributed by atoms with E-state index in [0.717, 1.165) is 98.7 Å². The Hall–Kier alpha value is -6.52. The number of fused-ring (bicyclic) bond motifs is 12. The van der Waals surface area contributed by atoms with Crippen LogP contribution < -0.4 is 0 Å². The van der Waals surface area contributed by atoms with Gasteiger partial charge < -0.3 is 8.83 Å². The van der Waals surface area contributed by atoms with E-state index >= 15 is 0 Å². The summed E-state index contributed by atoms with van der Waals surface area (Å²) in [5, 5.41) is 13.6. The SMILES string of the molecule is c1ccc2cc3c(cc2c1)oc1c(-c2cncc(-c4cc5ccccc5c5c4oc4cc6ccccc6cc45)n2)cc2ccccc2c13. The molecular weight excluding hydrogens is 588 g/mol. The van der Waals surface area contributed by atoms with E-state index in [0.29, 0.717) is 0 Å². The molecule has 4 nitrogen and oxygen atoms in total. The predicted octanol–water partition coefficient (Wildman–Crippen LogP) is 12.2. The lowest BCUT2D eigenvalue weighted by Crippen LogP contribution is -1.92. The van der Waals surface area contributed by atoms with Crippen molar-refractivity contribution in [1.82, 2.24) is 9.97 Å². The van der Waals surface area contributed by atoms with Crippen LogP contribution in [0.5, 0.6) is 0 Å². The molecule has 0 atom stereocenters. The quantitative estimate of drug-likeness (QED) is 0.195. The summed E-state index contributed by atoms with van der Waals surface area (Å²) in [6.07, 6.45) is 3.67. The van der Waals surface area contributed by atoms with Crippen LogP contribution in [-0.2, 0) is 0 Å². The molecule has 48 heavy (non-hydrogen) atoms. The normalized spacial score (nSPS) is 12.2. The summed E-state index contributed by atoms with van der Waals surface area (Å²) in [6, 6.07) is 46.9. The fourth-order valence-corrected chi connectivity index (χ4v) is 7.63. The van der Waals surface area contributed by atoms with E-state index in [-0.39, 0.29) is 0 Å². The van der Waals surface area contributed by atoms with E-state index in [4.69, 9.17) is 18.8 Å². The van der Waals surface area contributed by atoms with Gasteiger partial charge in [-0.15, -0.1) is 0 Å². The van der Waals surface area contributed by atoms with Gasteiger partial charge in [-0.05, 0) is 79.5 Å². The summed E-state index contributed by atoms with van der Waals surface area (Å²) in [7, 11) is 0. The van der Waals surface area contributed by atoms with Gasteiger partial charge in [0.2, 0.25) is 0 Å². The van der Waals surface area contributed by atoms with Gasteiger partial charge in [0.05, 0.1) is 23.8 Å². The Morgan fingerprint density at radius 1 is 0.375 bits per heavy atom.